The molecule has 0 aromatic heterocycles. The number of halogens is 5. The van der Waals surface area contributed by atoms with Gasteiger partial charge in [0.25, 0.3) is 0 Å². The Morgan fingerprint density at radius 2 is 1.54 bits per heavy atom. The van der Waals surface area contributed by atoms with Crippen LogP contribution in [0.5, 0.6) is 0 Å². The van der Waals surface area contributed by atoms with Crippen molar-refractivity contribution in [3.05, 3.63) is 79.8 Å². The van der Waals surface area contributed by atoms with E-state index in [9.17, 15) is 13.2 Å². The van der Waals surface area contributed by atoms with Gasteiger partial charge in [0, 0.05) is 21.5 Å². The number of hydrogen-bond donors (Lipinski definition) is 0. The van der Waals surface area contributed by atoms with E-state index in [2.05, 4.69) is 15.9 Å². The minimum Gasteiger partial charge on any atom is -0.167 e. The third-order valence-corrected chi connectivity index (χ3v) is 4.91. The van der Waals surface area contributed by atoms with Gasteiger partial charge in [-0.2, -0.15) is 13.2 Å². The van der Waals surface area contributed by atoms with Crippen molar-refractivity contribution in [1.82, 2.24) is 0 Å². The van der Waals surface area contributed by atoms with E-state index in [0.29, 0.717) is 11.1 Å². The molecule has 5 heteroatoms. The van der Waals surface area contributed by atoms with Gasteiger partial charge in [-0.05, 0) is 60.7 Å². The zero-order valence-corrected chi connectivity index (χ0v) is 15.9. The van der Waals surface area contributed by atoms with Crippen molar-refractivity contribution in [2.24, 2.45) is 0 Å². The summed E-state index contributed by atoms with van der Waals surface area (Å²) in [5, 5.41) is 0.547. The third-order valence-electron chi connectivity index (χ3n) is 3.97. The van der Waals surface area contributed by atoms with Crippen LogP contribution in [-0.2, 0) is 0 Å². The van der Waals surface area contributed by atoms with Gasteiger partial charge >= 0.3 is 6.18 Å². The molecule has 24 heavy (non-hydrogen) atoms. The number of benzene rings is 2. The van der Waals surface area contributed by atoms with Crippen LogP contribution in [0.2, 0.25) is 5.02 Å². The molecule has 128 valence electrons. The van der Waals surface area contributed by atoms with Gasteiger partial charge < -0.3 is 0 Å². The SMILES string of the molecule is Cc1cc(C)c([C@@H](/C(Br)=C/C(F)(F)F)c2ccc(Cl)cc2)cc1C. The van der Waals surface area contributed by atoms with Gasteiger partial charge in [-0.15, -0.1) is 0 Å². The molecule has 0 unspecified atom stereocenters. The standard InChI is InChI=1S/C19H17BrClF3/c1-11-8-13(3)16(9-12(11)2)18(17(20)10-19(22,23)24)14-4-6-15(21)7-5-14/h4-10,18H,1-3H3/b17-10-/t18-/m0/s1. The van der Waals surface area contributed by atoms with Crippen molar-refractivity contribution in [3.63, 3.8) is 0 Å². The summed E-state index contributed by atoms with van der Waals surface area (Å²) in [5.74, 6) is -0.539. The third kappa shape index (κ3) is 4.64. The van der Waals surface area contributed by atoms with Crippen LogP contribution in [0.4, 0.5) is 13.2 Å². The van der Waals surface area contributed by atoms with Crippen LogP contribution in [0, 0.1) is 20.8 Å². The summed E-state index contributed by atoms with van der Waals surface area (Å²) in [6, 6.07) is 10.8. The molecular formula is C19H17BrClF3. The minimum atomic E-state index is -4.39. The molecule has 0 aliphatic heterocycles. The van der Waals surface area contributed by atoms with E-state index >= 15 is 0 Å². The molecule has 0 fully saturated rings. The number of hydrogen-bond acceptors (Lipinski definition) is 0. The van der Waals surface area contributed by atoms with Gasteiger partial charge in [-0.25, -0.2) is 0 Å². The summed E-state index contributed by atoms with van der Waals surface area (Å²) in [6.07, 6.45) is -4.09. The first-order valence-corrected chi connectivity index (χ1v) is 8.54. The molecule has 0 saturated carbocycles. The molecule has 0 bridgehead atoms. The molecule has 2 aromatic rings. The van der Waals surface area contributed by atoms with Crippen molar-refractivity contribution >= 4 is 27.5 Å². The van der Waals surface area contributed by atoms with Gasteiger partial charge in [-0.3, -0.25) is 0 Å². The molecule has 0 saturated heterocycles. The molecule has 2 rings (SSSR count). The summed E-state index contributed by atoms with van der Waals surface area (Å²) < 4.78 is 38.7. The molecule has 0 N–H and O–H groups in total. The molecule has 0 amide bonds. The van der Waals surface area contributed by atoms with Crippen LogP contribution in [0.1, 0.15) is 33.7 Å². The van der Waals surface area contributed by atoms with Crippen molar-refractivity contribution < 1.29 is 13.2 Å². The van der Waals surface area contributed by atoms with Crippen LogP contribution in [0.25, 0.3) is 0 Å². The largest absolute Gasteiger partial charge is 0.410 e. The number of aryl methyl sites for hydroxylation is 3. The predicted molar refractivity (Wildman–Crippen MR) is 97.0 cm³/mol. The highest BCUT2D eigenvalue weighted by molar-refractivity contribution is 9.11. The van der Waals surface area contributed by atoms with E-state index in [1.807, 2.05) is 32.9 Å². The van der Waals surface area contributed by atoms with E-state index < -0.39 is 12.1 Å². The average molecular weight is 418 g/mol. The summed E-state index contributed by atoms with van der Waals surface area (Å²) in [6.45, 7) is 5.86. The Morgan fingerprint density at radius 1 is 1.00 bits per heavy atom. The Balaban J connectivity index is 2.65. The van der Waals surface area contributed by atoms with Crippen LogP contribution < -0.4 is 0 Å². The van der Waals surface area contributed by atoms with Crippen molar-refractivity contribution in [2.45, 2.75) is 32.9 Å². The molecule has 2 aromatic carbocycles. The summed E-state index contributed by atoms with van der Waals surface area (Å²) in [4.78, 5) is 0. The molecule has 1 atom stereocenters. The van der Waals surface area contributed by atoms with E-state index in [1.165, 1.54) is 0 Å². The fourth-order valence-electron chi connectivity index (χ4n) is 2.68. The van der Waals surface area contributed by atoms with Crippen LogP contribution in [0.3, 0.4) is 0 Å². The highest BCUT2D eigenvalue weighted by Gasteiger charge is 2.28. The average Bonchev–Trinajstić information content (AvgIpc) is 2.45. The zero-order chi connectivity index (χ0) is 18.1. The van der Waals surface area contributed by atoms with Crippen molar-refractivity contribution in [1.29, 1.82) is 0 Å². The first-order chi connectivity index (χ1) is 11.1. The van der Waals surface area contributed by atoms with E-state index in [-0.39, 0.29) is 4.48 Å². The Kier molecular flexibility index (Phi) is 5.82. The summed E-state index contributed by atoms with van der Waals surface area (Å²) in [7, 11) is 0. The summed E-state index contributed by atoms with van der Waals surface area (Å²) >= 11 is 9.08. The van der Waals surface area contributed by atoms with Crippen molar-refractivity contribution in [3.8, 4) is 0 Å². The second kappa shape index (κ2) is 7.32. The van der Waals surface area contributed by atoms with Gasteiger partial charge in [-0.1, -0.05) is 51.8 Å². The van der Waals surface area contributed by atoms with Gasteiger partial charge in [0.2, 0.25) is 0 Å². The molecule has 0 radical (unpaired) electrons. The Bertz CT molecular complexity index is 761. The van der Waals surface area contributed by atoms with Crippen LogP contribution in [-0.4, -0.2) is 6.18 Å². The second-order valence-electron chi connectivity index (χ2n) is 5.85. The normalized spacial score (nSPS) is 13.9. The first-order valence-electron chi connectivity index (χ1n) is 7.36. The molecule has 0 nitrogen and oxygen atoms in total. The maximum absolute atomic E-state index is 12.9. The van der Waals surface area contributed by atoms with Gasteiger partial charge in [0.15, 0.2) is 0 Å². The molecular weight excluding hydrogens is 401 g/mol. The lowest BCUT2D eigenvalue weighted by Gasteiger charge is -2.22. The minimum absolute atomic E-state index is 0.0728. The van der Waals surface area contributed by atoms with E-state index in [0.717, 1.165) is 27.8 Å². The predicted octanol–water partition coefficient (Wildman–Crippen LogP) is 7.24. The van der Waals surface area contributed by atoms with Crippen LogP contribution in [0.15, 0.2) is 47.0 Å². The Labute approximate surface area is 153 Å². The van der Waals surface area contributed by atoms with E-state index in [1.54, 1.807) is 24.3 Å². The van der Waals surface area contributed by atoms with Gasteiger partial charge in [0.1, 0.15) is 0 Å². The molecule has 0 heterocycles. The maximum atomic E-state index is 12.9. The van der Waals surface area contributed by atoms with Crippen molar-refractivity contribution in [2.75, 3.05) is 0 Å². The lowest BCUT2D eigenvalue weighted by Crippen LogP contribution is -2.09. The topological polar surface area (TPSA) is 0 Å². The number of rotatable bonds is 3. The number of alkyl halides is 3. The lowest BCUT2D eigenvalue weighted by molar-refractivity contribution is -0.0802. The smallest absolute Gasteiger partial charge is 0.167 e. The fraction of sp³-hybridized carbons (Fsp3) is 0.263. The molecule has 0 aliphatic rings. The molecule has 0 spiro atoms. The Morgan fingerprint density at radius 3 is 2.08 bits per heavy atom. The number of allylic oxidation sites excluding steroid dienone is 2. The fourth-order valence-corrected chi connectivity index (χ4v) is 3.57. The highest BCUT2D eigenvalue weighted by atomic mass is 79.9. The monoisotopic (exact) mass is 416 g/mol. The van der Waals surface area contributed by atoms with Crippen LogP contribution >= 0.6 is 27.5 Å². The highest BCUT2D eigenvalue weighted by Crippen LogP contribution is 2.40. The second-order valence-corrected chi connectivity index (χ2v) is 7.20. The molecule has 0 aliphatic carbocycles. The first kappa shape index (κ1) is 19.1. The maximum Gasteiger partial charge on any atom is 0.410 e. The Hall–Kier alpha value is -1.26. The lowest BCUT2D eigenvalue weighted by atomic mass is 9.86. The quantitative estimate of drug-likeness (QED) is 0.494. The summed E-state index contributed by atoms with van der Waals surface area (Å²) in [5.41, 5.74) is 4.69. The zero-order valence-electron chi connectivity index (χ0n) is 13.5. The van der Waals surface area contributed by atoms with E-state index in [4.69, 9.17) is 11.6 Å². The van der Waals surface area contributed by atoms with Gasteiger partial charge in [0.05, 0.1) is 0 Å².